The molecule has 133 valence electrons. The van der Waals surface area contributed by atoms with Crippen molar-refractivity contribution in [3.63, 3.8) is 0 Å². The maximum atomic E-state index is 2.20. The number of rotatable bonds is 3. The van der Waals surface area contributed by atoms with E-state index in [-0.39, 0.29) is 40.8 Å². The van der Waals surface area contributed by atoms with Gasteiger partial charge in [0.15, 0.2) is 0 Å². The molecule has 0 fully saturated rings. The Morgan fingerprint density at radius 3 is 0.640 bits per heavy atom. The minimum Gasteiger partial charge on any atom is -0.213 e. The van der Waals surface area contributed by atoms with Crippen molar-refractivity contribution in [3.8, 4) is 0 Å². The number of hydrogen-bond donors (Lipinski definition) is 0. The van der Waals surface area contributed by atoms with Crippen LogP contribution in [0.1, 0.15) is 76.0 Å². The summed E-state index contributed by atoms with van der Waals surface area (Å²) >= 11 is 0. The molecule has 0 nitrogen and oxygen atoms in total. The molecule has 0 heterocycles. The Labute approximate surface area is 188 Å². The van der Waals surface area contributed by atoms with E-state index in [4.69, 9.17) is 0 Å². The van der Waals surface area contributed by atoms with Gasteiger partial charge in [0.05, 0.1) is 0 Å². The van der Waals surface area contributed by atoms with Gasteiger partial charge < -0.3 is 0 Å². The monoisotopic (exact) mass is 463 g/mol. The fraction of sp³-hybridized carbons (Fsp3) is 0.375. The first-order valence-electron chi connectivity index (χ1n) is 9.06. The molecule has 3 rings (SSSR count). The SMILES string of the molecule is CC(C)[c-]1cccc1.CC(C)[c-]1cccc1.CC(C)[c-]1cccc1.[Nd+3]. The molecule has 0 saturated carbocycles. The summed E-state index contributed by atoms with van der Waals surface area (Å²) in [4.78, 5) is 0. The van der Waals surface area contributed by atoms with Crippen LogP contribution in [0.25, 0.3) is 0 Å². The molecule has 0 atom stereocenters. The molecular weight excluding hydrogens is 433 g/mol. The molecule has 0 bridgehead atoms. The van der Waals surface area contributed by atoms with Gasteiger partial charge >= 0.3 is 40.8 Å². The summed E-state index contributed by atoms with van der Waals surface area (Å²) in [7, 11) is 0. The molecule has 3 aromatic rings. The fourth-order valence-corrected chi connectivity index (χ4v) is 2.32. The second kappa shape index (κ2) is 13.6. The zero-order valence-corrected chi connectivity index (χ0v) is 19.9. The zero-order valence-electron chi connectivity index (χ0n) is 16.7. The van der Waals surface area contributed by atoms with Crippen LogP contribution in [0.15, 0.2) is 72.8 Å². The third-order valence-electron chi connectivity index (χ3n) is 4.07. The smallest absolute Gasteiger partial charge is 0.213 e. The first-order valence-corrected chi connectivity index (χ1v) is 9.06. The first kappa shape index (κ1) is 24.4. The predicted molar refractivity (Wildman–Crippen MR) is 108 cm³/mol. The Balaban J connectivity index is 0.000000339. The molecule has 3 aromatic carbocycles. The van der Waals surface area contributed by atoms with Crippen LogP contribution >= 0.6 is 0 Å². The van der Waals surface area contributed by atoms with Gasteiger partial charge in [-0.25, -0.2) is 36.4 Å². The molecule has 1 radical (unpaired) electrons. The second-order valence-corrected chi connectivity index (χ2v) is 7.12. The van der Waals surface area contributed by atoms with Gasteiger partial charge in [0.25, 0.3) is 0 Å². The fourth-order valence-electron chi connectivity index (χ4n) is 2.32. The van der Waals surface area contributed by atoms with E-state index in [1.165, 1.54) is 16.7 Å². The van der Waals surface area contributed by atoms with Gasteiger partial charge in [-0.15, -0.1) is 0 Å². The van der Waals surface area contributed by atoms with Crippen LogP contribution in [0.2, 0.25) is 0 Å². The summed E-state index contributed by atoms with van der Waals surface area (Å²) in [6.07, 6.45) is 0. The van der Waals surface area contributed by atoms with Crippen molar-refractivity contribution in [2.75, 3.05) is 0 Å². The van der Waals surface area contributed by atoms with E-state index in [2.05, 4.69) is 114 Å². The Morgan fingerprint density at radius 2 is 0.560 bits per heavy atom. The van der Waals surface area contributed by atoms with Crippen LogP contribution in [-0.4, -0.2) is 0 Å². The maximum absolute atomic E-state index is 2.20. The van der Waals surface area contributed by atoms with E-state index in [9.17, 15) is 0 Å². The van der Waals surface area contributed by atoms with E-state index >= 15 is 0 Å². The maximum Gasteiger partial charge on any atom is 3.00 e. The average Bonchev–Trinajstić information content (AvgIpc) is 3.29. The summed E-state index contributed by atoms with van der Waals surface area (Å²) in [5, 5.41) is 0. The van der Waals surface area contributed by atoms with Crippen LogP contribution in [0, 0.1) is 40.8 Å². The second-order valence-electron chi connectivity index (χ2n) is 7.12. The van der Waals surface area contributed by atoms with Gasteiger partial charge in [0.1, 0.15) is 0 Å². The molecule has 0 spiro atoms. The van der Waals surface area contributed by atoms with Crippen LogP contribution in [0.3, 0.4) is 0 Å². The summed E-state index contributed by atoms with van der Waals surface area (Å²) < 4.78 is 0. The Hall–Kier alpha value is -0.599. The summed E-state index contributed by atoms with van der Waals surface area (Å²) in [6, 6.07) is 25.4. The van der Waals surface area contributed by atoms with E-state index in [1.54, 1.807) is 0 Å². The van der Waals surface area contributed by atoms with Crippen molar-refractivity contribution in [1.29, 1.82) is 0 Å². The van der Waals surface area contributed by atoms with Gasteiger partial charge in [-0.1, -0.05) is 59.3 Å². The van der Waals surface area contributed by atoms with Gasteiger partial charge in [-0.2, -0.15) is 53.1 Å². The van der Waals surface area contributed by atoms with E-state index in [0.29, 0.717) is 17.8 Å². The Kier molecular flexibility index (Phi) is 13.3. The molecule has 1 heteroatoms. The first-order chi connectivity index (χ1) is 11.4. The Bertz CT molecular complexity index is 502. The summed E-state index contributed by atoms with van der Waals surface area (Å²) in [5.41, 5.74) is 4.31. The topological polar surface area (TPSA) is 0 Å². The summed E-state index contributed by atoms with van der Waals surface area (Å²) in [6.45, 7) is 13.2. The quantitative estimate of drug-likeness (QED) is 0.350. The molecule has 0 aliphatic heterocycles. The minimum absolute atomic E-state index is 0. The van der Waals surface area contributed by atoms with Gasteiger partial charge in [-0.05, 0) is 0 Å². The van der Waals surface area contributed by atoms with Gasteiger partial charge in [-0.3, -0.25) is 0 Å². The molecule has 0 aromatic heterocycles. The molecule has 25 heavy (non-hydrogen) atoms. The third-order valence-corrected chi connectivity index (χ3v) is 4.07. The zero-order chi connectivity index (χ0) is 17.9. The van der Waals surface area contributed by atoms with Crippen molar-refractivity contribution in [2.24, 2.45) is 0 Å². The summed E-state index contributed by atoms with van der Waals surface area (Å²) in [5.74, 6) is 2.06. The van der Waals surface area contributed by atoms with Crippen LogP contribution < -0.4 is 0 Å². The Morgan fingerprint density at radius 1 is 0.400 bits per heavy atom. The molecular formula is C24H33Nd. The van der Waals surface area contributed by atoms with Crippen molar-refractivity contribution in [3.05, 3.63) is 89.5 Å². The van der Waals surface area contributed by atoms with E-state index in [0.717, 1.165) is 0 Å². The molecule has 0 N–H and O–H groups in total. The van der Waals surface area contributed by atoms with Crippen molar-refractivity contribution in [2.45, 2.75) is 59.3 Å². The van der Waals surface area contributed by atoms with Gasteiger partial charge in [0.2, 0.25) is 0 Å². The van der Waals surface area contributed by atoms with Crippen LogP contribution in [-0.2, 0) is 0 Å². The molecule has 0 amide bonds. The van der Waals surface area contributed by atoms with Gasteiger partial charge in [0, 0.05) is 0 Å². The predicted octanol–water partition coefficient (Wildman–Crippen LogP) is 7.59. The average molecular weight is 466 g/mol. The van der Waals surface area contributed by atoms with Crippen molar-refractivity contribution in [1.82, 2.24) is 0 Å². The van der Waals surface area contributed by atoms with Crippen molar-refractivity contribution >= 4 is 0 Å². The van der Waals surface area contributed by atoms with Crippen LogP contribution in [0.4, 0.5) is 0 Å². The minimum atomic E-state index is 0. The van der Waals surface area contributed by atoms with Crippen LogP contribution in [0.5, 0.6) is 0 Å². The van der Waals surface area contributed by atoms with Crippen molar-refractivity contribution < 1.29 is 40.8 Å². The molecule has 0 unspecified atom stereocenters. The molecule has 0 saturated heterocycles. The number of hydrogen-bond acceptors (Lipinski definition) is 0. The normalized spacial score (nSPS) is 9.96. The largest absolute Gasteiger partial charge is 3.00 e. The van der Waals surface area contributed by atoms with E-state index in [1.807, 2.05) is 0 Å². The van der Waals surface area contributed by atoms with E-state index < -0.39 is 0 Å². The molecule has 0 aliphatic rings. The molecule has 0 aliphatic carbocycles. The standard InChI is InChI=1S/3C8H11.Nd/c3*1-7(2)8-5-3-4-6-8;/h3*3-7H,1-2H3;/q3*-1;+3. The third kappa shape index (κ3) is 10.2.